The molecule has 0 radical (unpaired) electrons. The van der Waals surface area contributed by atoms with Crippen LogP contribution in [0.15, 0.2) is 12.2 Å². The van der Waals surface area contributed by atoms with Crippen molar-refractivity contribution in [1.29, 1.82) is 0 Å². The van der Waals surface area contributed by atoms with Crippen molar-refractivity contribution in [2.24, 2.45) is 5.92 Å². The minimum absolute atomic E-state index is 0.491. The lowest BCUT2D eigenvalue weighted by molar-refractivity contribution is -0.131. The molecule has 1 unspecified atom stereocenters. The third-order valence-electron chi connectivity index (χ3n) is 1.71. The molecule has 1 aliphatic heterocycles. The van der Waals surface area contributed by atoms with Gasteiger partial charge < -0.3 is 5.11 Å². The number of hydrogen-bond acceptors (Lipinski definition) is 2. The highest BCUT2D eigenvalue weighted by atomic mass is 32.2. The minimum atomic E-state index is -0.833. The van der Waals surface area contributed by atoms with Crippen LogP contribution >= 0.6 is 11.8 Å². The molecular formula is C8H12O2S. The minimum Gasteiger partial charge on any atom is -0.478 e. The zero-order valence-corrected chi connectivity index (χ0v) is 7.14. The molecule has 1 saturated heterocycles. The molecular weight excluding hydrogens is 160 g/mol. The molecule has 1 heterocycles. The van der Waals surface area contributed by atoms with Gasteiger partial charge in [0.25, 0.3) is 0 Å². The Kier molecular flexibility index (Phi) is 3.49. The topological polar surface area (TPSA) is 37.3 Å². The molecule has 1 aliphatic rings. The second-order valence-electron chi connectivity index (χ2n) is 2.67. The molecule has 2 nitrogen and oxygen atoms in total. The molecule has 1 N–H and O–H groups in total. The molecule has 0 aliphatic carbocycles. The number of hydrogen-bond donors (Lipinski definition) is 1. The fourth-order valence-electron chi connectivity index (χ4n) is 1.14. The van der Waals surface area contributed by atoms with Crippen molar-refractivity contribution in [3.8, 4) is 0 Å². The number of carboxylic acids is 1. The summed E-state index contributed by atoms with van der Waals surface area (Å²) in [6.07, 6.45) is 5.45. The molecule has 1 rings (SSSR count). The van der Waals surface area contributed by atoms with E-state index in [2.05, 4.69) is 0 Å². The van der Waals surface area contributed by atoms with E-state index < -0.39 is 5.97 Å². The van der Waals surface area contributed by atoms with Crippen molar-refractivity contribution >= 4 is 17.7 Å². The molecule has 0 spiro atoms. The van der Waals surface area contributed by atoms with Crippen LogP contribution in [0.2, 0.25) is 0 Å². The molecule has 62 valence electrons. The highest BCUT2D eigenvalue weighted by molar-refractivity contribution is 7.99. The van der Waals surface area contributed by atoms with Crippen LogP contribution in [0.25, 0.3) is 0 Å². The van der Waals surface area contributed by atoms with Crippen molar-refractivity contribution < 1.29 is 9.90 Å². The van der Waals surface area contributed by atoms with Crippen molar-refractivity contribution in [1.82, 2.24) is 0 Å². The average molecular weight is 172 g/mol. The summed E-state index contributed by atoms with van der Waals surface area (Å²) in [6, 6.07) is 0. The zero-order valence-electron chi connectivity index (χ0n) is 6.32. The molecule has 3 heteroatoms. The fourth-order valence-corrected chi connectivity index (χ4v) is 2.25. The van der Waals surface area contributed by atoms with E-state index in [9.17, 15) is 4.79 Å². The normalized spacial score (nSPS) is 25.6. The van der Waals surface area contributed by atoms with Gasteiger partial charge in [-0.05, 0) is 30.3 Å². The van der Waals surface area contributed by atoms with E-state index in [1.165, 1.54) is 18.2 Å². The van der Waals surface area contributed by atoms with Crippen LogP contribution in [-0.2, 0) is 4.79 Å². The van der Waals surface area contributed by atoms with E-state index >= 15 is 0 Å². The van der Waals surface area contributed by atoms with Gasteiger partial charge in [0.2, 0.25) is 0 Å². The van der Waals surface area contributed by atoms with Gasteiger partial charge in [0.1, 0.15) is 0 Å². The number of allylic oxidation sites excluding steroid dienone is 1. The first-order valence-corrected chi connectivity index (χ1v) is 4.93. The summed E-state index contributed by atoms with van der Waals surface area (Å²) in [7, 11) is 0. The third-order valence-corrected chi connectivity index (χ3v) is 2.95. The molecule has 0 aromatic heterocycles. The number of rotatable bonds is 2. The van der Waals surface area contributed by atoms with Gasteiger partial charge in [-0.1, -0.05) is 6.08 Å². The molecule has 0 bridgehead atoms. The summed E-state index contributed by atoms with van der Waals surface area (Å²) in [5.41, 5.74) is 0. The Bertz CT molecular complexity index is 159. The van der Waals surface area contributed by atoms with Gasteiger partial charge in [-0.3, -0.25) is 0 Å². The van der Waals surface area contributed by atoms with Gasteiger partial charge in [-0.2, -0.15) is 11.8 Å². The smallest absolute Gasteiger partial charge is 0.327 e. The fraction of sp³-hybridized carbons (Fsp3) is 0.625. The summed E-state index contributed by atoms with van der Waals surface area (Å²) >= 11 is 1.91. The Hall–Kier alpha value is -0.440. The molecule has 0 aromatic rings. The molecule has 0 aromatic carbocycles. The van der Waals surface area contributed by atoms with Gasteiger partial charge in [0.15, 0.2) is 0 Å². The van der Waals surface area contributed by atoms with Crippen molar-refractivity contribution in [3.63, 3.8) is 0 Å². The monoisotopic (exact) mass is 172 g/mol. The predicted molar refractivity (Wildman–Crippen MR) is 46.8 cm³/mol. The number of aliphatic carboxylic acids is 1. The van der Waals surface area contributed by atoms with Crippen molar-refractivity contribution in [3.05, 3.63) is 12.2 Å². The highest BCUT2D eigenvalue weighted by Gasteiger charge is 2.10. The number of thioether (sulfide) groups is 1. The summed E-state index contributed by atoms with van der Waals surface area (Å²) in [4.78, 5) is 10.1. The van der Waals surface area contributed by atoms with Crippen LogP contribution in [0.3, 0.4) is 0 Å². The van der Waals surface area contributed by atoms with E-state index in [4.69, 9.17) is 5.11 Å². The maximum atomic E-state index is 10.1. The molecule has 0 saturated carbocycles. The lowest BCUT2D eigenvalue weighted by Gasteiger charge is -2.16. The standard InChI is InChI=1S/C8H12O2S/c9-8(10)4-3-7-2-1-5-11-6-7/h3-4,7H,1-2,5-6H2,(H,9,10)/b4-3-. The average Bonchev–Trinajstić information content (AvgIpc) is 2.03. The second kappa shape index (κ2) is 4.44. The molecule has 0 amide bonds. The van der Waals surface area contributed by atoms with Gasteiger partial charge in [0, 0.05) is 6.08 Å². The van der Waals surface area contributed by atoms with Gasteiger partial charge in [0.05, 0.1) is 0 Å². The Labute approximate surface area is 70.7 Å². The van der Waals surface area contributed by atoms with Gasteiger partial charge in [-0.25, -0.2) is 4.79 Å². The quantitative estimate of drug-likeness (QED) is 0.645. The van der Waals surface area contributed by atoms with Gasteiger partial charge >= 0.3 is 5.97 Å². The first-order valence-electron chi connectivity index (χ1n) is 3.78. The van der Waals surface area contributed by atoms with E-state index in [-0.39, 0.29) is 0 Å². The van der Waals surface area contributed by atoms with Gasteiger partial charge in [-0.15, -0.1) is 0 Å². The van der Waals surface area contributed by atoms with E-state index in [1.807, 2.05) is 17.8 Å². The van der Waals surface area contributed by atoms with Crippen LogP contribution < -0.4 is 0 Å². The maximum absolute atomic E-state index is 10.1. The van der Waals surface area contributed by atoms with Crippen molar-refractivity contribution in [2.45, 2.75) is 12.8 Å². The van der Waals surface area contributed by atoms with Crippen LogP contribution in [0.5, 0.6) is 0 Å². The molecule has 1 atom stereocenters. The molecule has 1 fully saturated rings. The third kappa shape index (κ3) is 3.46. The highest BCUT2D eigenvalue weighted by Crippen LogP contribution is 2.23. The van der Waals surface area contributed by atoms with E-state index in [0.29, 0.717) is 5.92 Å². The second-order valence-corrected chi connectivity index (χ2v) is 3.82. The lowest BCUT2D eigenvalue weighted by Crippen LogP contribution is -2.07. The lowest BCUT2D eigenvalue weighted by atomic mass is 10.1. The van der Waals surface area contributed by atoms with Crippen LogP contribution in [0.1, 0.15) is 12.8 Å². The Morgan fingerprint density at radius 3 is 3.00 bits per heavy atom. The van der Waals surface area contributed by atoms with Crippen LogP contribution in [0.4, 0.5) is 0 Å². The Morgan fingerprint density at radius 1 is 1.64 bits per heavy atom. The number of carboxylic acid groups (broad SMARTS) is 1. The van der Waals surface area contributed by atoms with Crippen LogP contribution in [-0.4, -0.2) is 22.6 Å². The predicted octanol–water partition coefficient (Wildman–Crippen LogP) is 1.77. The summed E-state index contributed by atoms with van der Waals surface area (Å²) in [6.45, 7) is 0. The Balaban J connectivity index is 2.29. The van der Waals surface area contributed by atoms with Crippen LogP contribution in [0, 0.1) is 5.92 Å². The van der Waals surface area contributed by atoms with E-state index in [1.54, 1.807) is 0 Å². The zero-order chi connectivity index (χ0) is 8.10. The van der Waals surface area contributed by atoms with Crippen molar-refractivity contribution in [2.75, 3.05) is 11.5 Å². The van der Waals surface area contributed by atoms with E-state index in [0.717, 1.165) is 12.2 Å². The first kappa shape index (κ1) is 8.65. The number of carbonyl (C=O) groups is 1. The SMILES string of the molecule is O=C(O)/C=C\C1CCCSC1. The summed E-state index contributed by atoms with van der Waals surface area (Å²) < 4.78 is 0. The maximum Gasteiger partial charge on any atom is 0.327 e. The Morgan fingerprint density at radius 2 is 2.45 bits per heavy atom. The first-order chi connectivity index (χ1) is 5.29. The summed E-state index contributed by atoms with van der Waals surface area (Å²) in [5, 5.41) is 8.35. The largest absolute Gasteiger partial charge is 0.478 e. The summed E-state index contributed by atoms with van der Waals surface area (Å²) in [5.74, 6) is 1.98. The molecule has 11 heavy (non-hydrogen) atoms.